The molecular weight excluding hydrogens is 430 g/mol. The molecule has 0 saturated heterocycles. The van der Waals surface area contributed by atoms with Crippen LogP contribution >= 0.6 is 0 Å². The van der Waals surface area contributed by atoms with Gasteiger partial charge in [-0.25, -0.2) is 4.79 Å². The van der Waals surface area contributed by atoms with Crippen LogP contribution in [0.2, 0.25) is 0 Å². The van der Waals surface area contributed by atoms with Crippen molar-refractivity contribution >= 4 is 11.7 Å². The summed E-state index contributed by atoms with van der Waals surface area (Å²) in [5.41, 5.74) is 3.33. The van der Waals surface area contributed by atoms with Crippen molar-refractivity contribution in [1.29, 1.82) is 0 Å². The molecule has 0 unspecified atom stereocenters. The van der Waals surface area contributed by atoms with Gasteiger partial charge in [0.05, 0.1) is 0 Å². The molecule has 35 heavy (non-hydrogen) atoms. The van der Waals surface area contributed by atoms with Gasteiger partial charge in [-0.05, 0) is 30.2 Å². The minimum atomic E-state index is -0.426. The largest absolute Gasteiger partial charge is 0.423 e. The molecule has 2 rings (SSSR count). The highest BCUT2D eigenvalue weighted by atomic mass is 16.5. The summed E-state index contributed by atoms with van der Waals surface area (Å²) in [6.45, 7) is 15.6. The molecule has 3 heteroatoms. The Balaban J connectivity index is 1.57. The first-order valence-corrected chi connectivity index (χ1v) is 14.4. The normalized spacial score (nSPS) is 14.3. The SMILES string of the molecule is C=CC(=O)Oc1ccc2c(c1)C(C)(C)C(=C)N2CCCCCCCCCCCCCCCCCC. The third kappa shape index (κ3) is 9.50. The van der Waals surface area contributed by atoms with Crippen LogP contribution in [-0.2, 0) is 10.2 Å². The predicted octanol–water partition coefficient (Wildman–Crippen LogP) is 9.65. The maximum Gasteiger partial charge on any atom is 0.335 e. The first-order chi connectivity index (χ1) is 16.9. The summed E-state index contributed by atoms with van der Waals surface area (Å²) < 4.78 is 5.34. The number of ether oxygens (including phenoxy) is 1. The highest BCUT2D eigenvalue weighted by molar-refractivity contribution is 5.83. The molecule has 1 heterocycles. The van der Waals surface area contributed by atoms with Gasteiger partial charge in [0.2, 0.25) is 0 Å². The average molecular weight is 482 g/mol. The Morgan fingerprint density at radius 2 is 1.34 bits per heavy atom. The predicted molar refractivity (Wildman–Crippen MR) is 151 cm³/mol. The molecule has 196 valence electrons. The van der Waals surface area contributed by atoms with Crippen LogP contribution in [0.4, 0.5) is 5.69 Å². The van der Waals surface area contributed by atoms with Crippen LogP contribution in [0.15, 0.2) is 43.1 Å². The standard InChI is InChI=1S/C32H51NO2/c1-6-8-9-10-11-12-13-14-15-16-17-18-19-20-21-22-25-33-27(3)32(4,5)29-26-28(23-24-30(29)33)35-31(34)7-2/h7,23-24,26H,2-3,6,8-22,25H2,1,4-5H3. The number of allylic oxidation sites excluding steroid dienone is 1. The van der Waals surface area contributed by atoms with Crippen molar-refractivity contribution in [2.75, 3.05) is 11.4 Å². The summed E-state index contributed by atoms with van der Waals surface area (Å²) in [6, 6.07) is 5.92. The van der Waals surface area contributed by atoms with Crippen LogP contribution in [0.25, 0.3) is 0 Å². The summed E-state index contributed by atoms with van der Waals surface area (Å²) in [5, 5.41) is 0. The van der Waals surface area contributed by atoms with Crippen molar-refractivity contribution in [1.82, 2.24) is 0 Å². The highest BCUT2D eigenvalue weighted by Crippen LogP contribution is 2.48. The number of esters is 1. The summed E-state index contributed by atoms with van der Waals surface area (Å²) in [7, 11) is 0. The summed E-state index contributed by atoms with van der Waals surface area (Å²) in [6.07, 6.45) is 23.4. The van der Waals surface area contributed by atoms with Gasteiger partial charge in [0.15, 0.2) is 0 Å². The van der Waals surface area contributed by atoms with Crippen molar-refractivity contribution in [3.05, 3.63) is 48.7 Å². The second-order valence-electron chi connectivity index (χ2n) is 10.8. The van der Waals surface area contributed by atoms with Gasteiger partial charge in [-0.2, -0.15) is 0 Å². The minimum absolute atomic E-state index is 0.166. The van der Waals surface area contributed by atoms with Crippen molar-refractivity contribution in [3.8, 4) is 5.75 Å². The second kappa shape index (κ2) is 15.9. The number of carbonyl (C=O) groups excluding carboxylic acids is 1. The van der Waals surface area contributed by atoms with E-state index >= 15 is 0 Å². The van der Waals surface area contributed by atoms with E-state index in [0.29, 0.717) is 5.75 Å². The third-order valence-electron chi connectivity index (χ3n) is 7.60. The third-order valence-corrected chi connectivity index (χ3v) is 7.60. The maximum absolute atomic E-state index is 11.6. The van der Waals surface area contributed by atoms with Gasteiger partial charge >= 0.3 is 5.97 Å². The van der Waals surface area contributed by atoms with Gasteiger partial charge in [0.1, 0.15) is 5.75 Å². The molecule has 0 N–H and O–H groups in total. The van der Waals surface area contributed by atoms with E-state index in [1.54, 1.807) is 0 Å². The fourth-order valence-corrected chi connectivity index (χ4v) is 5.18. The van der Waals surface area contributed by atoms with Gasteiger partial charge in [0.25, 0.3) is 0 Å². The fraction of sp³-hybridized carbons (Fsp3) is 0.656. The van der Waals surface area contributed by atoms with Gasteiger partial charge in [-0.1, -0.05) is 130 Å². The topological polar surface area (TPSA) is 29.5 Å². The average Bonchev–Trinajstić information content (AvgIpc) is 3.03. The van der Waals surface area contributed by atoms with Crippen molar-refractivity contribution in [2.45, 2.75) is 129 Å². The molecule has 0 aromatic heterocycles. The van der Waals surface area contributed by atoms with Crippen LogP contribution in [0, 0.1) is 0 Å². The second-order valence-corrected chi connectivity index (χ2v) is 10.8. The van der Waals surface area contributed by atoms with Gasteiger partial charge in [-0.15, -0.1) is 0 Å². The summed E-state index contributed by atoms with van der Waals surface area (Å²) in [5.74, 6) is 0.142. The van der Waals surface area contributed by atoms with Crippen LogP contribution in [0.5, 0.6) is 5.75 Å². The summed E-state index contributed by atoms with van der Waals surface area (Å²) >= 11 is 0. The molecule has 0 amide bonds. The highest BCUT2D eigenvalue weighted by Gasteiger charge is 2.38. The smallest absolute Gasteiger partial charge is 0.335 e. The molecule has 0 spiro atoms. The molecule has 1 aromatic carbocycles. The van der Waals surface area contributed by atoms with Crippen LogP contribution in [0.1, 0.15) is 129 Å². The number of carbonyl (C=O) groups is 1. The molecule has 1 aliphatic heterocycles. The fourth-order valence-electron chi connectivity index (χ4n) is 5.18. The number of rotatable bonds is 19. The van der Waals surface area contributed by atoms with Crippen LogP contribution < -0.4 is 9.64 Å². The van der Waals surface area contributed by atoms with Crippen molar-refractivity contribution in [3.63, 3.8) is 0 Å². The van der Waals surface area contributed by atoms with E-state index in [-0.39, 0.29) is 5.41 Å². The van der Waals surface area contributed by atoms with Crippen LogP contribution in [0.3, 0.4) is 0 Å². The molecule has 0 fully saturated rings. The molecule has 3 nitrogen and oxygen atoms in total. The molecule has 1 aromatic rings. The zero-order chi connectivity index (χ0) is 25.5. The quantitative estimate of drug-likeness (QED) is 0.0852. The van der Waals surface area contributed by atoms with Crippen LogP contribution in [-0.4, -0.2) is 12.5 Å². The Morgan fingerprint density at radius 3 is 1.83 bits per heavy atom. The molecule has 0 radical (unpaired) electrons. The van der Waals surface area contributed by atoms with E-state index < -0.39 is 5.97 Å². The number of fused-ring (bicyclic) bond motifs is 1. The molecular formula is C32H51NO2. The Kier molecular flexibility index (Phi) is 13.2. The number of benzene rings is 1. The Bertz CT molecular complexity index is 795. The number of anilines is 1. The number of unbranched alkanes of at least 4 members (excludes halogenated alkanes) is 15. The first kappa shape index (κ1) is 29.2. The molecule has 0 aliphatic carbocycles. The molecule has 1 aliphatic rings. The van der Waals surface area contributed by atoms with E-state index in [4.69, 9.17) is 4.74 Å². The Morgan fingerprint density at radius 1 is 0.857 bits per heavy atom. The Hall–Kier alpha value is -2.03. The van der Waals surface area contributed by atoms with E-state index in [1.165, 1.54) is 120 Å². The van der Waals surface area contributed by atoms with E-state index in [1.807, 2.05) is 12.1 Å². The Labute approximate surface area is 216 Å². The minimum Gasteiger partial charge on any atom is -0.423 e. The lowest BCUT2D eigenvalue weighted by Gasteiger charge is -2.25. The van der Waals surface area contributed by atoms with Gasteiger partial charge in [0, 0.05) is 29.4 Å². The van der Waals surface area contributed by atoms with Crippen molar-refractivity contribution < 1.29 is 9.53 Å². The van der Waals surface area contributed by atoms with E-state index in [2.05, 4.69) is 44.9 Å². The monoisotopic (exact) mass is 481 g/mol. The maximum atomic E-state index is 11.6. The summed E-state index contributed by atoms with van der Waals surface area (Å²) in [4.78, 5) is 13.9. The molecule has 0 atom stereocenters. The van der Waals surface area contributed by atoms with E-state index in [0.717, 1.165) is 12.2 Å². The number of nitrogens with zero attached hydrogens (tertiary/aromatic N) is 1. The lowest BCUT2D eigenvalue weighted by atomic mass is 9.84. The van der Waals surface area contributed by atoms with Gasteiger partial charge < -0.3 is 9.64 Å². The number of hydrogen-bond donors (Lipinski definition) is 0. The van der Waals surface area contributed by atoms with Crippen molar-refractivity contribution in [2.24, 2.45) is 0 Å². The van der Waals surface area contributed by atoms with Gasteiger partial charge in [-0.3, -0.25) is 0 Å². The lowest BCUT2D eigenvalue weighted by Crippen LogP contribution is -2.26. The lowest BCUT2D eigenvalue weighted by molar-refractivity contribution is -0.128. The zero-order valence-corrected chi connectivity index (χ0v) is 23.0. The molecule has 0 bridgehead atoms. The zero-order valence-electron chi connectivity index (χ0n) is 23.0. The number of hydrogen-bond acceptors (Lipinski definition) is 3. The first-order valence-electron chi connectivity index (χ1n) is 14.4. The van der Waals surface area contributed by atoms with E-state index in [9.17, 15) is 4.79 Å². The molecule has 0 saturated carbocycles.